The summed E-state index contributed by atoms with van der Waals surface area (Å²) < 4.78 is 10.9. The maximum Gasteiger partial charge on any atom is 0.270 e. The summed E-state index contributed by atoms with van der Waals surface area (Å²) in [5.41, 5.74) is 2.73. The molecule has 0 unspecified atom stereocenters. The molecule has 4 rings (SSSR count). The van der Waals surface area contributed by atoms with E-state index in [0.717, 1.165) is 25.2 Å². The summed E-state index contributed by atoms with van der Waals surface area (Å²) in [6.07, 6.45) is 2.73. The lowest BCUT2D eigenvalue weighted by atomic mass is 10.1. The van der Waals surface area contributed by atoms with Crippen LogP contribution in [0.2, 0.25) is 0 Å². The van der Waals surface area contributed by atoms with Crippen LogP contribution in [0.25, 0.3) is 0 Å². The van der Waals surface area contributed by atoms with Gasteiger partial charge in [0.2, 0.25) is 0 Å². The molecule has 142 valence electrons. The Bertz CT molecular complexity index is 781. The number of rotatable bonds is 6. The Morgan fingerprint density at radius 2 is 2.19 bits per heavy atom. The number of benzene rings is 1. The summed E-state index contributed by atoms with van der Waals surface area (Å²) in [6, 6.07) is 14.3. The number of methoxy groups -OCH3 is 1. The molecule has 1 aromatic heterocycles. The Morgan fingerprint density at radius 1 is 1.33 bits per heavy atom. The molecule has 1 saturated heterocycles. The summed E-state index contributed by atoms with van der Waals surface area (Å²) >= 11 is 0. The van der Waals surface area contributed by atoms with Crippen LogP contribution in [-0.4, -0.2) is 56.5 Å². The van der Waals surface area contributed by atoms with Gasteiger partial charge in [-0.3, -0.25) is 9.78 Å². The summed E-state index contributed by atoms with van der Waals surface area (Å²) in [7, 11) is 1.68. The van der Waals surface area contributed by atoms with Gasteiger partial charge < -0.3 is 19.7 Å². The van der Waals surface area contributed by atoms with E-state index < -0.39 is 0 Å². The zero-order valence-corrected chi connectivity index (χ0v) is 15.5. The van der Waals surface area contributed by atoms with Crippen molar-refractivity contribution in [2.75, 3.05) is 38.3 Å². The van der Waals surface area contributed by atoms with E-state index in [4.69, 9.17) is 9.47 Å². The zero-order valence-electron chi connectivity index (χ0n) is 15.5. The van der Waals surface area contributed by atoms with Crippen LogP contribution in [0.3, 0.4) is 0 Å². The number of carbonyl (C=O) groups is 1. The largest absolute Gasteiger partial charge is 0.382 e. The molecule has 1 saturated carbocycles. The summed E-state index contributed by atoms with van der Waals surface area (Å²) in [6.45, 7) is 2.76. The SMILES string of the molecule is COC[C@@H]1CN(c2ccnc(C(=O)N[C@@H]3C[C@H]3c3ccccc3)c2)CCO1. The molecule has 1 aliphatic heterocycles. The van der Waals surface area contributed by atoms with Crippen molar-refractivity contribution in [2.45, 2.75) is 24.5 Å². The van der Waals surface area contributed by atoms with Gasteiger partial charge in [-0.05, 0) is 24.1 Å². The van der Waals surface area contributed by atoms with Crippen LogP contribution in [0.15, 0.2) is 48.7 Å². The molecule has 0 bridgehead atoms. The van der Waals surface area contributed by atoms with Gasteiger partial charge in [-0.1, -0.05) is 30.3 Å². The Labute approximate surface area is 159 Å². The van der Waals surface area contributed by atoms with E-state index in [2.05, 4.69) is 27.3 Å². The van der Waals surface area contributed by atoms with Crippen LogP contribution >= 0.6 is 0 Å². The lowest BCUT2D eigenvalue weighted by Crippen LogP contribution is -2.44. The fourth-order valence-electron chi connectivity index (χ4n) is 3.65. The third-order valence-corrected chi connectivity index (χ3v) is 5.17. The van der Waals surface area contributed by atoms with Crippen molar-refractivity contribution in [3.05, 3.63) is 59.9 Å². The van der Waals surface area contributed by atoms with Crippen LogP contribution in [0.1, 0.15) is 28.4 Å². The average Bonchev–Trinajstić information content (AvgIpc) is 3.48. The third-order valence-electron chi connectivity index (χ3n) is 5.17. The molecule has 2 heterocycles. The molecular formula is C21H25N3O3. The van der Waals surface area contributed by atoms with Gasteiger partial charge in [-0.2, -0.15) is 0 Å². The molecule has 2 fully saturated rings. The molecular weight excluding hydrogens is 342 g/mol. The minimum Gasteiger partial charge on any atom is -0.382 e. The van der Waals surface area contributed by atoms with Gasteiger partial charge in [-0.15, -0.1) is 0 Å². The number of pyridine rings is 1. The molecule has 1 aliphatic carbocycles. The second-order valence-electron chi connectivity index (χ2n) is 7.13. The molecule has 1 aromatic carbocycles. The number of anilines is 1. The standard InChI is InChI=1S/C21H25N3O3/c1-26-14-17-13-24(9-10-27-17)16-7-8-22-20(11-16)21(25)23-19-12-18(19)15-5-3-2-4-6-15/h2-8,11,17-19H,9-10,12-14H2,1H3,(H,23,25)/t17-,18-,19+/m0/s1. The Balaban J connectivity index is 1.38. The Hall–Kier alpha value is -2.44. The topological polar surface area (TPSA) is 63.7 Å². The van der Waals surface area contributed by atoms with Gasteiger partial charge >= 0.3 is 0 Å². The van der Waals surface area contributed by atoms with Crippen LogP contribution < -0.4 is 10.2 Å². The highest BCUT2D eigenvalue weighted by Gasteiger charge is 2.39. The van der Waals surface area contributed by atoms with Crippen LogP contribution in [-0.2, 0) is 9.47 Å². The minimum atomic E-state index is -0.109. The van der Waals surface area contributed by atoms with Crippen molar-refractivity contribution in [1.29, 1.82) is 0 Å². The molecule has 6 nitrogen and oxygen atoms in total. The molecule has 27 heavy (non-hydrogen) atoms. The van der Waals surface area contributed by atoms with Crippen molar-refractivity contribution in [1.82, 2.24) is 10.3 Å². The number of amides is 1. The predicted molar refractivity (Wildman–Crippen MR) is 103 cm³/mol. The Morgan fingerprint density at radius 3 is 3.00 bits per heavy atom. The maximum absolute atomic E-state index is 12.6. The van der Waals surface area contributed by atoms with Crippen molar-refractivity contribution < 1.29 is 14.3 Å². The summed E-state index contributed by atoms with van der Waals surface area (Å²) in [5, 5.41) is 3.11. The Kier molecular flexibility index (Phi) is 5.36. The van der Waals surface area contributed by atoms with E-state index in [1.165, 1.54) is 5.56 Å². The number of nitrogens with one attached hydrogen (secondary N) is 1. The van der Waals surface area contributed by atoms with Gasteiger partial charge in [-0.25, -0.2) is 0 Å². The summed E-state index contributed by atoms with van der Waals surface area (Å²) in [4.78, 5) is 19.1. The van der Waals surface area contributed by atoms with Gasteiger partial charge in [0.25, 0.3) is 5.91 Å². The average molecular weight is 367 g/mol. The van der Waals surface area contributed by atoms with Crippen LogP contribution in [0.5, 0.6) is 0 Å². The first kappa shape index (κ1) is 17.9. The highest BCUT2D eigenvalue weighted by atomic mass is 16.5. The fraction of sp³-hybridized carbons (Fsp3) is 0.429. The number of ether oxygens (including phenoxy) is 2. The number of hydrogen-bond acceptors (Lipinski definition) is 5. The quantitative estimate of drug-likeness (QED) is 0.848. The van der Waals surface area contributed by atoms with Crippen molar-refractivity contribution in [2.24, 2.45) is 0 Å². The van der Waals surface area contributed by atoms with Gasteiger partial charge in [0.15, 0.2) is 0 Å². The van der Waals surface area contributed by atoms with E-state index >= 15 is 0 Å². The summed E-state index contributed by atoms with van der Waals surface area (Å²) in [5.74, 6) is 0.300. The maximum atomic E-state index is 12.6. The predicted octanol–water partition coefficient (Wildman–Crippen LogP) is 2.22. The highest BCUT2D eigenvalue weighted by molar-refractivity contribution is 5.93. The first-order valence-electron chi connectivity index (χ1n) is 9.42. The van der Waals surface area contributed by atoms with Gasteiger partial charge in [0.1, 0.15) is 5.69 Å². The lowest BCUT2D eigenvalue weighted by molar-refractivity contribution is -0.0100. The second-order valence-corrected chi connectivity index (χ2v) is 7.13. The first-order chi connectivity index (χ1) is 13.2. The molecule has 6 heteroatoms. The van der Waals surface area contributed by atoms with Gasteiger partial charge in [0.05, 0.1) is 19.3 Å². The second kappa shape index (κ2) is 8.06. The normalized spacial score (nSPS) is 24.5. The fourth-order valence-corrected chi connectivity index (χ4v) is 3.65. The van der Waals surface area contributed by atoms with E-state index in [9.17, 15) is 4.79 Å². The highest BCUT2D eigenvalue weighted by Crippen LogP contribution is 2.40. The lowest BCUT2D eigenvalue weighted by Gasteiger charge is -2.34. The monoisotopic (exact) mass is 367 g/mol. The smallest absolute Gasteiger partial charge is 0.270 e. The number of nitrogens with zero attached hydrogens (tertiary/aromatic N) is 2. The third kappa shape index (κ3) is 4.28. The molecule has 3 atom stereocenters. The van der Waals surface area contributed by atoms with Crippen molar-refractivity contribution in [3.63, 3.8) is 0 Å². The molecule has 2 aliphatic rings. The number of aromatic nitrogens is 1. The molecule has 0 spiro atoms. The van der Waals surface area contributed by atoms with Crippen molar-refractivity contribution in [3.8, 4) is 0 Å². The number of carbonyl (C=O) groups excluding carboxylic acids is 1. The van der Waals surface area contributed by atoms with E-state index in [1.54, 1.807) is 13.3 Å². The van der Waals surface area contributed by atoms with E-state index in [1.807, 2.05) is 30.3 Å². The first-order valence-corrected chi connectivity index (χ1v) is 9.42. The molecule has 0 radical (unpaired) electrons. The number of hydrogen-bond donors (Lipinski definition) is 1. The van der Waals surface area contributed by atoms with Crippen LogP contribution in [0.4, 0.5) is 5.69 Å². The van der Waals surface area contributed by atoms with E-state index in [-0.39, 0.29) is 18.1 Å². The molecule has 1 N–H and O–H groups in total. The minimum absolute atomic E-state index is 0.0484. The molecule has 2 aromatic rings. The number of morpholine rings is 1. The van der Waals surface area contributed by atoms with E-state index in [0.29, 0.717) is 24.8 Å². The zero-order chi connectivity index (χ0) is 18.6. The van der Waals surface area contributed by atoms with Gasteiger partial charge in [0, 0.05) is 44.0 Å². The van der Waals surface area contributed by atoms with Crippen LogP contribution in [0, 0.1) is 0 Å². The molecule has 1 amide bonds. The van der Waals surface area contributed by atoms with Crippen molar-refractivity contribution >= 4 is 11.6 Å².